The van der Waals surface area contributed by atoms with Gasteiger partial charge in [0.05, 0.1) is 10.5 Å². The van der Waals surface area contributed by atoms with Crippen molar-refractivity contribution in [2.24, 2.45) is 4.99 Å². The first-order chi connectivity index (χ1) is 12.6. The highest BCUT2D eigenvalue weighted by molar-refractivity contribution is 7.92. The fourth-order valence-electron chi connectivity index (χ4n) is 3.38. The molecular formula is C19H29N3O4S. The number of hydrogen-bond acceptors (Lipinski definition) is 5. The molecule has 0 radical (unpaired) electrons. The summed E-state index contributed by atoms with van der Waals surface area (Å²) >= 11 is 0. The molecule has 0 aromatic heterocycles. The molecule has 0 saturated carbocycles. The van der Waals surface area contributed by atoms with E-state index in [1.165, 1.54) is 0 Å². The van der Waals surface area contributed by atoms with Crippen LogP contribution in [0.1, 0.15) is 33.3 Å². The maximum atomic E-state index is 12.2. The van der Waals surface area contributed by atoms with Crippen molar-refractivity contribution in [3.8, 4) is 11.5 Å². The number of rotatable bonds is 3. The molecule has 0 atom stereocenters. The van der Waals surface area contributed by atoms with Crippen LogP contribution < -0.4 is 14.8 Å². The maximum absolute atomic E-state index is 12.2. The van der Waals surface area contributed by atoms with Crippen LogP contribution in [-0.2, 0) is 15.3 Å². The Morgan fingerprint density at radius 1 is 1.30 bits per heavy atom. The van der Waals surface area contributed by atoms with Crippen LogP contribution >= 0.6 is 0 Å². The van der Waals surface area contributed by atoms with E-state index >= 15 is 0 Å². The average molecular weight is 396 g/mol. The van der Waals surface area contributed by atoms with Gasteiger partial charge in [-0.1, -0.05) is 19.9 Å². The highest BCUT2D eigenvalue weighted by atomic mass is 32.2. The molecule has 2 aliphatic rings. The van der Waals surface area contributed by atoms with Crippen LogP contribution in [0.2, 0.25) is 0 Å². The summed E-state index contributed by atoms with van der Waals surface area (Å²) < 4.78 is 34.6. The van der Waals surface area contributed by atoms with Crippen LogP contribution in [0.3, 0.4) is 0 Å². The second-order valence-electron chi connectivity index (χ2n) is 8.35. The quantitative estimate of drug-likeness (QED) is 0.621. The Kier molecular flexibility index (Phi) is 5.05. The van der Waals surface area contributed by atoms with Crippen molar-refractivity contribution < 1.29 is 17.9 Å². The molecule has 7 nitrogen and oxygen atoms in total. The third-order valence-electron chi connectivity index (χ3n) is 5.40. The maximum Gasteiger partial charge on any atom is 0.231 e. The first-order valence-corrected chi connectivity index (χ1v) is 10.8. The molecule has 1 saturated heterocycles. The molecule has 0 spiro atoms. The van der Waals surface area contributed by atoms with E-state index in [9.17, 15) is 8.42 Å². The zero-order valence-corrected chi connectivity index (χ0v) is 17.5. The Balaban J connectivity index is 1.69. The normalized spacial score (nSPS) is 21.2. The molecule has 1 aromatic carbocycles. The van der Waals surface area contributed by atoms with Gasteiger partial charge < -0.3 is 19.7 Å². The van der Waals surface area contributed by atoms with Gasteiger partial charge in [-0.05, 0) is 31.5 Å². The first-order valence-electron chi connectivity index (χ1n) is 9.14. The van der Waals surface area contributed by atoms with Crippen LogP contribution in [0.15, 0.2) is 23.2 Å². The smallest absolute Gasteiger partial charge is 0.231 e. The molecule has 3 rings (SSSR count). The molecule has 1 N–H and O–H groups in total. The molecule has 1 fully saturated rings. The highest BCUT2D eigenvalue weighted by Gasteiger charge is 2.41. The van der Waals surface area contributed by atoms with E-state index in [1.807, 2.05) is 17.0 Å². The highest BCUT2D eigenvalue weighted by Crippen LogP contribution is 2.36. The summed E-state index contributed by atoms with van der Waals surface area (Å²) in [6.45, 7) is 9.65. The monoisotopic (exact) mass is 395 g/mol. The van der Waals surface area contributed by atoms with Gasteiger partial charge in [0.1, 0.15) is 0 Å². The largest absolute Gasteiger partial charge is 0.454 e. The number of hydrogen-bond donors (Lipinski definition) is 1. The number of aliphatic imine (C=N–C) groups is 1. The van der Waals surface area contributed by atoms with Gasteiger partial charge in [0, 0.05) is 32.1 Å². The fourth-order valence-corrected chi connectivity index (χ4v) is 4.74. The minimum absolute atomic E-state index is 0.145. The second kappa shape index (κ2) is 6.89. The molecule has 1 aromatic rings. The van der Waals surface area contributed by atoms with Crippen molar-refractivity contribution in [2.75, 3.05) is 39.2 Å². The summed E-state index contributed by atoms with van der Waals surface area (Å²) in [6.07, 6.45) is 0. The van der Waals surface area contributed by atoms with Gasteiger partial charge in [-0.15, -0.1) is 0 Å². The SMILES string of the molecule is CN=C(NCC(C)(C)c1ccc2c(c1)OCO2)N1CCS(=O)(=O)C(C)(C)C1. The van der Waals surface area contributed by atoms with E-state index < -0.39 is 14.6 Å². The summed E-state index contributed by atoms with van der Waals surface area (Å²) in [4.78, 5) is 6.40. The lowest BCUT2D eigenvalue weighted by atomic mass is 9.84. The number of nitrogens with zero attached hydrogens (tertiary/aromatic N) is 2. The molecule has 150 valence electrons. The van der Waals surface area contributed by atoms with Crippen LogP contribution in [0.5, 0.6) is 11.5 Å². The van der Waals surface area contributed by atoms with Gasteiger partial charge in [-0.25, -0.2) is 8.42 Å². The number of sulfone groups is 1. The standard InChI is InChI=1S/C19H29N3O4S/c1-18(2,14-6-7-15-16(10-14)26-13-25-15)11-21-17(20-5)22-8-9-27(23,24)19(3,4)12-22/h6-7,10H,8-9,11-13H2,1-5H3,(H,20,21). The minimum Gasteiger partial charge on any atom is -0.454 e. The summed E-state index contributed by atoms with van der Waals surface area (Å²) in [6, 6.07) is 6.00. The number of nitrogens with one attached hydrogen (secondary N) is 1. The van der Waals surface area contributed by atoms with E-state index in [1.54, 1.807) is 20.9 Å². The number of guanidine groups is 1. The molecule has 27 heavy (non-hydrogen) atoms. The lowest BCUT2D eigenvalue weighted by molar-refractivity contribution is 0.174. The van der Waals surface area contributed by atoms with Crippen molar-refractivity contribution in [1.29, 1.82) is 0 Å². The van der Waals surface area contributed by atoms with Crippen molar-refractivity contribution in [1.82, 2.24) is 10.2 Å². The third-order valence-corrected chi connectivity index (χ3v) is 7.93. The summed E-state index contributed by atoms with van der Waals surface area (Å²) in [5.41, 5.74) is 0.963. The first kappa shape index (κ1) is 19.8. The van der Waals surface area contributed by atoms with Gasteiger partial charge in [0.25, 0.3) is 0 Å². The van der Waals surface area contributed by atoms with Crippen molar-refractivity contribution >= 4 is 15.8 Å². The van der Waals surface area contributed by atoms with Gasteiger partial charge in [-0.2, -0.15) is 0 Å². The summed E-state index contributed by atoms with van der Waals surface area (Å²) in [7, 11) is -1.35. The molecule has 0 unspecified atom stereocenters. The van der Waals surface area contributed by atoms with Crippen LogP contribution in [0.4, 0.5) is 0 Å². The van der Waals surface area contributed by atoms with Crippen molar-refractivity contribution in [2.45, 2.75) is 37.9 Å². The Morgan fingerprint density at radius 3 is 2.67 bits per heavy atom. The van der Waals surface area contributed by atoms with Crippen LogP contribution in [0, 0.1) is 0 Å². The predicted octanol–water partition coefficient (Wildman–Crippen LogP) is 1.78. The van der Waals surface area contributed by atoms with Crippen LogP contribution in [0.25, 0.3) is 0 Å². The van der Waals surface area contributed by atoms with E-state index in [4.69, 9.17) is 9.47 Å². The summed E-state index contributed by atoms with van der Waals surface area (Å²) in [5.74, 6) is 2.42. The van der Waals surface area contributed by atoms with E-state index in [0.29, 0.717) is 19.6 Å². The Morgan fingerprint density at radius 2 is 2.00 bits per heavy atom. The van der Waals surface area contributed by atoms with Crippen molar-refractivity contribution in [3.05, 3.63) is 23.8 Å². The van der Waals surface area contributed by atoms with E-state index in [2.05, 4.69) is 30.2 Å². The van der Waals surface area contributed by atoms with Crippen LogP contribution in [-0.4, -0.2) is 63.3 Å². The van der Waals surface area contributed by atoms with E-state index in [0.717, 1.165) is 23.0 Å². The predicted molar refractivity (Wildman–Crippen MR) is 106 cm³/mol. The molecule has 2 heterocycles. The van der Waals surface area contributed by atoms with Crippen molar-refractivity contribution in [3.63, 3.8) is 0 Å². The average Bonchev–Trinajstić information content (AvgIpc) is 3.06. The minimum atomic E-state index is -3.08. The van der Waals surface area contributed by atoms with Gasteiger partial charge in [-0.3, -0.25) is 4.99 Å². The zero-order chi connectivity index (χ0) is 19.9. The number of benzene rings is 1. The van der Waals surface area contributed by atoms with Gasteiger partial charge in [0.2, 0.25) is 6.79 Å². The third kappa shape index (κ3) is 3.85. The molecule has 0 amide bonds. The molecule has 0 bridgehead atoms. The lowest BCUT2D eigenvalue weighted by Gasteiger charge is -2.40. The molecule has 2 aliphatic heterocycles. The summed E-state index contributed by atoms with van der Waals surface area (Å²) in [5, 5.41) is 3.42. The Hall–Kier alpha value is -1.96. The van der Waals surface area contributed by atoms with Gasteiger partial charge in [0.15, 0.2) is 27.3 Å². The topological polar surface area (TPSA) is 80.2 Å². The second-order valence-corrected chi connectivity index (χ2v) is 11.1. The Bertz CT molecular complexity index is 847. The number of fused-ring (bicyclic) bond motifs is 1. The zero-order valence-electron chi connectivity index (χ0n) is 16.7. The lowest BCUT2D eigenvalue weighted by Crippen LogP contribution is -2.58. The molecule has 8 heteroatoms. The molecular weight excluding hydrogens is 366 g/mol. The fraction of sp³-hybridized carbons (Fsp3) is 0.632. The number of ether oxygens (including phenoxy) is 2. The van der Waals surface area contributed by atoms with Gasteiger partial charge >= 0.3 is 0 Å². The Labute approximate surface area is 161 Å². The van der Waals surface area contributed by atoms with E-state index in [-0.39, 0.29) is 18.0 Å². The molecule has 0 aliphatic carbocycles.